The number of alkyl halides is 2. The number of hydrogen-bond acceptors (Lipinski definition) is 5. The second-order valence-electron chi connectivity index (χ2n) is 7.22. The van der Waals surface area contributed by atoms with Crippen LogP contribution in [0.15, 0.2) is 72.8 Å². The zero-order chi connectivity index (χ0) is 24.5. The van der Waals surface area contributed by atoms with Gasteiger partial charge in [0.05, 0.1) is 4.92 Å². The van der Waals surface area contributed by atoms with Gasteiger partial charge in [0.15, 0.2) is 0 Å². The summed E-state index contributed by atoms with van der Waals surface area (Å²) in [7, 11) is 0. The number of anilines is 1. The van der Waals surface area contributed by atoms with Gasteiger partial charge in [0.25, 0.3) is 11.6 Å². The van der Waals surface area contributed by atoms with Gasteiger partial charge in [0.1, 0.15) is 5.75 Å². The first-order chi connectivity index (χ1) is 16.3. The van der Waals surface area contributed by atoms with Gasteiger partial charge in [0.2, 0.25) is 5.91 Å². The number of nitrogens with one attached hydrogen (secondary N) is 2. The minimum atomic E-state index is -2.98. The Kier molecular flexibility index (Phi) is 8.22. The molecule has 3 aromatic carbocycles. The molecule has 0 saturated carbocycles. The van der Waals surface area contributed by atoms with Crippen molar-refractivity contribution in [1.82, 2.24) is 5.32 Å². The molecule has 0 aliphatic heterocycles. The van der Waals surface area contributed by atoms with E-state index in [1.807, 2.05) is 30.3 Å². The lowest BCUT2D eigenvalue weighted by molar-refractivity contribution is -0.384. The molecular formula is C24H21F2N3O5. The van der Waals surface area contributed by atoms with E-state index < -0.39 is 23.3 Å². The largest absolute Gasteiger partial charge is 0.435 e. The van der Waals surface area contributed by atoms with Gasteiger partial charge in [-0.05, 0) is 35.9 Å². The number of ether oxygens (including phenoxy) is 1. The van der Waals surface area contributed by atoms with Crippen molar-refractivity contribution in [3.05, 3.63) is 99.6 Å². The van der Waals surface area contributed by atoms with Gasteiger partial charge < -0.3 is 15.4 Å². The molecule has 2 N–H and O–H groups in total. The summed E-state index contributed by atoms with van der Waals surface area (Å²) in [4.78, 5) is 34.5. The van der Waals surface area contributed by atoms with Crippen molar-refractivity contribution in [2.75, 3.05) is 11.9 Å². The Hall–Kier alpha value is -4.34. The molecule has 10 heteroatoms. The Balaban J connectivity index is 1.57. The van der Waals surface area contributed by atoms with E-state index >= 15 is 0 Å². The van der Waals surface area contributed by atoms with Crippen molar-refractivity contribution in [2.45, 2.75) is 19.5 Å². The van der Waals surface area contributed by atoms with Gasteiger partial charge in [-0.1, -0.05) is 30.3 Å². The second kappa shape index (κ2) is 11.5. The molecule has 8 nitrogen and oxygen atoms in total. The number of nitro groups is 1. The summed E-state index contributed by atoms with van der Waals surface area (Å²) in [5.74, 6) is -0.842. The Bertz CT molecular complexity index is 1160. The average molecular weight is 469 g/mol. The van der Waals surface area contributed by atoms with E-state index in [-0.39, 0.29) is 30.0 Å². The van der Waals surface area contributed by atoms with Crippen molar-refractivity contribution in [1.29, 1.82) is 0 Å². The van der Waals surface area contributed by atoms with E-state index in [1.165, 1.54) is 36.4 Å². The van der Waals surface area contributed by atoms with Crippen LogP contribution in [0.5, 0.6) is 5.75 Å². The molecule has 0 heterocycles. The van der Waals surface area contributed by atoms with Crippen LogP contribution in [0.25, 0.3) is 0 Å². The summed E-state index contributed by atoms with van der Waals surface area (Å²) >= 11 is 0. The Morgan fingerprint density at radius 3 is 2.35 bits per heavy atom. The van der Waals surface area contributed by atoms with E-state index in [1.54, 1.807) is 6.07 Å². The van der Waals surface area contributed by atoms with Gasteiger partial charge in [-0.2, -0.15) is 8.78 Å². The van der Waals surface area contributed by atoms with Gasteiger partial charge >= 0.3 is 6.61 Å². The van der Waals surface area contributed by atoms with Crippen LogP contribution in [0.2, 0.25) is 0 Å². The van der Waals surface area contributed by atoms with Crippen LogP contribution in [-0.2, 0) is 11.2 Å². The normalized spacial score (nSPS) is 10.6. The van der Waals surface area contributed by atoms with Crippen LogP contribution in [0, 0.1) is 10.1 Å². The molecule has 3 rings (SSSR count). The highest BCUT2D eigenvalue weighted by atomic mass is 19.3. The fourth-order valence-corrected chi connectivity index (χ4v) is 3.17. The highest BCUT2D eigenvalue weighted by Crippen LogP contribution is 2.27. The Morgan fingerprint density at radius 1 is 1.00 bits per heavy atom. The van der Waals surface area contributed by atoms with Gasteiger partial charge in [-0.25, -0.2) is 0 Å². The van der Waals surface area contributed by atoms with Crippen LogP contribution >= 0.6 is 0 Å². The molecule has 0 aliphatic carbocycles. The van der Waals surface area contributed by atoms with Crippen LogP contribution in [0.4, 0.5) is 20.2 Å². The molecule has 2 amide bonds. The summed E-state index contributed by atoms with van der Waals surface area (Å²) in [6.07, 6.45) is 0.292. The van der Waals surface area contributed by atoms with Crippen molar-refractivity contribution >= 4 is 23.2 Å². The minimum Gasteiger partial charge on any atom is -0.435 e. The summed E-state index contributed by atoms with van der Waals surface area (Å²) in [5.41, 5.74) is 1.87. The molecule has 0 spiro atoms. The number of carbonyl (C=O) groups excluding carboxylic acids is 2. The highest BCUT2D eigenvalue weighted by Gasteiger charge is 2.13. The first-order valence-electron chi connectivity index (χ1n) is 10.3. The lowest BCUT2D eigenvalue weighted by Crippen LogP contribution is -2.27. The number of nitrogens with zero attached hydrogens (tertiary/aromatic N) is 1. The summed E-state index contributed by atoms with van der Waals surface area (Å²) in [5, 5.41) is 15.9. The van der Waals surface area contributed by atoms with Crippen molar-refractivity contribution in [2.24, 2.45) is 0 Å². The number of benzene rings is 3. The molecule has 0 atom stereocenters. The molecule has 0 aliphatic rings. The molecule has 34 heavy (non-hydrogen) atoms. The molecule has 0 bridgehead atoms. The summed E-state index contributed by atoms with van der Waals surface area (Å²) < 4.78 is 30.2. The molecule has 3 aromatic rings. The van der Waals surface area contributed by atoms with Gasteiger partial charge in [-0.15, -0.1) is 0 Å². The van der Waals surface area contributed by atoms with E-state index in [9.17, 15) is 28.5 Å². The van der Waals surface area contributed by atoms with E-state index in [2.05, 4.69) is 15.4 Å². The number of halogens is 2. The molecule has 0 fully saturated rings. The lowest BCUT2D eigenvalue weighted by atomic mass is 10.0. The van der Waals surface area contributed by atoms with Crippen LogP contribution < -0.4 is 15.4 Å². The molecular weight excluding hydrogens is 448 g/mol. The summed E-state index contributed by atoms with van der Waals surface area (Å²) in [6, 6.07) is 18.7. The predicted molar refractivity (Wildman–Crippen MR) is 121 cm³/mol. The zero-order valence-electron chi connectivity index (χ0n) is 17.9. The third-order valence-corrected chi connectivity index (χ3v) is 4.78. The third-order valence-electron chi connectivity index (χ3n) is 4.78. The average Bonchev–Trinajstić information content (AvgIpc) is 2.81. The quantitative estimate of drug-likeness (QED) is 0.334. The molecule has 0 saturated heterocycles. The second-order valence-corrected chi connectivity index (χ2v) is 7.22. The standard InChI is InChI=1S/C24H21F2N3O5/c25-24(26)34-21-11-8-19(15-18(21)14-16-4-2-1-3-5-16)28-22(30)12-13-27-23(31)17-6-9-20(10-7-17)29(32)33/h1-11,15,24H,12-14H2,(H,27,31)(H,28,30). The maximum Gasteiger partial charge on any atom is 0.387 e. The Labute approximate surface area is 193 Å². The Morgan fingerprint density at radius 2 is 1.71 bits per heavy atom. The van der Waals surface area contributed by atoms with Crippen molar-refractivity contribution in [3.8, 4) is 5.75 Å². The number of rotatable bonds is 10. The molecule has 0 radical (unpaired) electrons. The maximum absolute atomic E-state index is 12.8. The molecule has 176 valence electrons. The van der Waals surface area contributed by atoms with Gasteiger partial charge in [0, 0.05) is 48.3 Å². The van der Waals surface area contributed by atoms with E-state index in [0.29, 0.717) is 17.7 Å². The maximum atomic E-state index is 12.8. The van der Waals surface area contributed by atoms with E-state index in [4.69, 9.17) is 0 Å². The van der Waals surface area contributed by atoms with Crippen molar-refractivity contribution < 1.29 is 28.0 Å². The predicted octanol–water partition coefficient (Wildman–Crippen LogP) is 4.55. The first-order valence-corrected chi connectivity index (χ1v) is 10.3. The fourth-order valence-electron chi connectivity index (χ4n) is 3.17. The van der Waals surface area contributed by atoms with Crippen LogP contribution in [0.1, 0.15) is 27.9 Å². The minimum absolute atomic E-state index is 0.0206. The van der Waals surface area contributed by atoms with Crippen LogP contribution in [0.3, 0.4) is 0 Å². The first kappa shape index (κ1) is 24.3. The number of non-ortho nitro benzene ring substituents is 1. The number of nitro benzene ring substituents is 1. The summed E-state index contributed by atoms with van der Waals surface area (Å²) in [6.45, 7) is -2.94. The third kappa shape index (κ3) is 7.09. The zero-order valence-corrected chi connectivity index (χ0v) is 17.9. The fraction of sp³-hybridized carbons (Fsp3) is 0.167. The van der Waals surface area contributed by atoms with Gasteiger partial charge in [-0.3, -0.25) is 19.7 Å². The van der Waals surface area contributed by atoms with Crippen molar-refractivity contribution in [3.63, 3.8) is 0 Å². The molecule has 0 unspecified atom stereocenters. The SMILES string of the molecule is O=C(CCNC(=O)c1ccc([N+](=O)[O-])cc1)Nc1ccc(OC(F)F)c(Cc2ccccc2)c1. The number of hydrogen-bond donors (Lipinski definition) is 2. The number of carbonyl (C=O) groups is 2. The highest BCUT2D eigenvalue weighted by molar-refractivity contribution is 5.95. The smallest absolute Gasteiger partial charge is 0.387 e. The lowest BCUT2D eigenvalue weighted by Gasteiger charge is -2.14. The van der Waals surface area contributed by atoms with E-state index in [0.717, 1.165) is 5.56 Å². The topological polar surface area (TPSA) is 111 Å². The monoisotopic (exact) mass is 469 g/mol. The molecule has 0 aromatic heterocycles. The number of amides is 2. The van der Waals surface area contributed by atoms with Crippen LogP contribution in [-0.4, -0.2) is 29.9 Å².